The molecule has 0 atom stereocenters. The summed E-state index contributed by atoms with van der Waals surface area (Å²) in [6, 6.07) is 13.1. The molecule has 0 fully saturated rings. The molecule has 1 amide bonds. The van der Waals surface area contributed by atoms with Crippen molar-refractivity contribution in [3.05, 3.63) is 72.6 Å². The highest BCUT2D eigenvalue weighted by molar-refractivity contribution is 6.04. The average molecular weight is 368 g/mol. The number of amides is 1. The molecule has 0 unspecified atom stereocenters. The molecule has 0 saturated heterocycles. The predicted molar refractivity (Wildman–Crippen MR) is 105 cm³/mol. The van der Waals surface area contributed by atoms with Crippen molar-refractivity contribution < 1.29 is 4.79 Å². The number of imidazole rings is 1. The van der Waals surface area contributed by atoms with E-state index in [0.717, 1.165) is 22.0 Å². The van der Waals surface area contributed by atoms with Gasteiger partial charge in [-0.1, -0.05) is 12.1 Å². The van der Waals surface area contributed by atoms with Crippen LogP contribution in [-0.4, -0.2) is 25.4 Å². The second-order valence-electron chi connectivity index (χ2n) is 6.35. The number of carbonyl (C=O) groups excluding carboxylic acids is 1. The molecule has 1 aromatic carbocycles. The SMILES string of the molecule is Cn1cncc1-c1ccc2cnc(NC(=O)c3ccnc(CC#N)c3)cc2c1. The number of aryl methyl sites for hydroxylation is 1. The van der Waals surface area contributed by atoms with Gasteiger partial charge < -0.3 is 9.88 Å². The summed E-state index contributed by atoms with van der Waals surface area (Å²) in [6.07, 6.45) is 6.98. The lowest BCUT2D eigenvalue weighted by Gasteiger charge is -2.08. The molecule has 0 saturated carbocycles. The van der Waals surface area contributed by atoms with E-state index in [9.17, 15) is 4.79 Å². The van der Waals surface area contributed by atoms with Gasteiger partial charge in [-0.2, -0.15) is 5.26 Å². The van der Waals surface area contributed by atoms with E-state index in [1.807, 2.05) is 48.1 Å². The van der Waals surface area contributed by atoms with E-state index in [1.54, 1.807) is 24.7 Å². The molecule has 7 nitrogen and oxygen atoms in total. The van der Waals surface area contributed by atoms with Gasteiger partial charge in [0.05, 0.1) is 36.4 Å². The number of carbonyl (C=O) groups is 1. The third kappa shape index (κ3) is 3.44. The number of pyridine rings is 2. The van der Waals surface area contributed by atoms with E-state index >= 15 is 0 Å². The van der Waals surface area contributed by atoms with Crippen molar-refractivity contribution in [1.29, 1.82) is 5.26 Å². The highest BCUT2D eigenvalue weighted by Gasteiger charge is 2.10. The van der Waals surface area contributed by atoms with Crippen LogP contribution in [0.4, 0.5) is 5.82 Å². The Bertz CT molecular complexity index is 1220. The first-order valence-corrected chi connectivity index (χ1v) is 8.64. The number of hydrogen-bond donors (Lipinski definition) is 1. The molecule has 0 spiro atoms. The van der Waals surface area contributed by atoms with E-state index < -0.39 is 0 Å². The number of nitriles is 1. The third-order valence-electron chi connectivity index (χ3n) is 4.41. The molecule has 4 aromatic rings. The minimum absolute atomic E-state index is 0.159. The Kier molecular flexibility index (Phi) is 4.52. The van der Waals surface area contributed by atoms with Crippen molar-refractivity contribution in [3.63, 3.8) is 0 Å². The van der Waals surface area contributed by atoms with Crippen LogP contribution >= 0.6 is 0 Å². The van der Waals surface area contributed by atoms with Gasteiger partial charge in [-0.05, 0) is 29.7 Å². The van der Waals surface area contributed by atoms with Crippen LogP contribution in [0.2, 0.25) is 0 Å². The van der Waals surface area contributed by atoms with Gasteiger partial charge in [0.25, 0.3) is 5.91 Å². The molecule has 0 aliphatic rings. The maximum Gasteiger partial charge on any atom is 0.256 e. The first-order chi connectivity index (χ1) is 13.6. The van der Waals surface area contributed by atoms with E-state index in [4.69, 9.17) is 5.26 Å². The monoisotopic (exact) mass is 368 g/mol. The normalized spacial score (nSPS) is 10.6. The highest BCUT2D eigenvalue weighted by Crippen LogP contribution is 2.25. The van der Waals surface area contributed by atoms with Gasteiger partial charge in [0, 0.05) is 36.0 Å². The molecule has 0 bridgehead atoms. The van der Waals surface area contributed by atoms with Crippen molar-refractivity contribution in [2.75, 3.05) is 5.32 Å². The van der Waals surface area contributed by atoms with Crippen molar-refractivity contribution in [3.8, 4) is 17.3 Å². The van der Waals surface area contributed by atoms with Gasteiger partial charge in [-0.15, -0.1) is 0 Å². The van der Waals surface area contributed by atoms with E-state index in [-0.39, 0.29) is 12.3 Å². The smallest absolute Gasteiger partial charge is 0.256 e. The molecule has 1 N–H and O–H groups in total. The van der Waals surface area contributed by atoms with E-state index in [2.05, 4.69) is 20.3 Å². The van der Waals surface area contributed by atoms with Crippen LogP contribution in [0.1, 0.15) is 16.1 Å². The minimum atomic E-state index is -0.295. The number of benzene rings is 1. The fraction of sp³-hybridized carbons (Fsp3) is 0.0952. The van der Waals surface area contributed by atoms with Crippen LogP contribution < -0.4 is 5.32 Å². The molecular formula is C21H16N6O. The molecule has 136 valence electrons. The Hall–Kier alpha value is -4.05. The molecular weight excluding hydrogens is 352 g/mol. The van der Waals surface area contributed by atoms with Crippen LogP contribution in [0, 0.1) is 11.3 Å². The first kappa shape index (κ1) is 17.4. The highest BCUT2D eigenvalue weighted by atomic mass is 16.1. The lowest BCUT2D eigenvalue weighted by molar-refractivity contribution is 0.102. The van der Waals surface area contributed by atoms with Gasteiger partial charge in [-0.3, -0.25) is 9.78 Å². The van der Waals surface area contributed by atoms with Crippen LogP contribution in [-0.2, 0) is 13.5 Å². The number of rotatable bonds is 4. The molecule has 3 heterocycles. The lowest BCUT2D eigenvalue weighted by Crippen LogP contribution is -2.13. The van der Waals surface area contributed by atoms with Gasteiger partial charge >= 0.3 is 0 Å². The quantitative estimate of drug-likeness (QED) is 0.596. The second-order valence-corrected chi connectivity index (χ2v) is 6.35. The van der Waals surface area contributed by atoms with Crippen molar-refractivity contribution in [2.45, 2.75) is 6.42 Å². The van der Waals surface area contributed by atoms with E-state index in [1.165, 1.54) is 6.20 Å². The summed E-state index contributed by atoms with van der Waals surface area (Å²) < 4.78 is 1.95. The number of hydrogen-bond acceptors (Lipinski definition) is 5. The maximum atomic E-state index is 12.5. The Morgan fingerprint density at radius 3 is 2.82 bits per heavy atom. The van der Waals surface area contributed by atoms with Gasteiger partial charge in [0.1, 0.15) is 5.82 Å². The standard InChI is InChI=1S/C21H16N6O/c1-27-13-23-12-19(27)14-2-3-16-11-25-20(10-17(16)8-14)26-21(28)15-5-7-24-18(9-15)4-6-22/h2-3,5,7-13H,4H2,1H3,(H,25,26,28). The average Bonchev–Trinajstić information content (AvgIpc) is 3.14. The van der Waals surface area contributed by atoms with Gasteiger partial charge in [0.2, 0.25) is 0 Å². The summed E-state index contributed by atoms with van der Waals surface area (Å²) in [5, 5.41) is 13.5. The third-order valence-corrected chi connectivity index (χ3v) is 4.41. The second kappa shape index (κ2) is 7.29. The molecule has 7 heteroatoms. The molecule has 4 rings (SSSR count). The Morgan fingerprint density at radius 1 is 1.14 bits per heavy atom. The topological polar surface area (TPSA) is 96.5 Å². The zero-order valence-electron chi connectivity index (χ0n) is 15.1. The van der Waals surface area contributed by atoms with E-state index in [0.29, 0.717) is 17.1 Å². The fourth-order valence-corrected chi connectivity index (χ4v) is 2.99. The van der Waals surface area contributed by atoms with Crippen LogP contribution in [0.3, 0.4) is 0 Å². The summed E-state index contributed by atoms with van der Waals surface area (Å²) in [5.41, 5.74) is 3.03. The Labute approximate surface area is 161 Å². The fourth-order valence-electron chi connectivity index (χ4n) is 2.99. The van der Waals surface area contributed by atoms with Crippen LogP contribution in [0.15, 0.2) is 61.3 Å². The van der Waals surface area contributed by atoms with Crippen molar-refractivity contribution in [2.24, 2.45) is 7.05 Å². The molecule has 0 aliphatic heterocycles. The Balaban J connectivity index is 1.62. The summed E-state index contributed by atoms with van der Waals surface area (Å²) >= 11 is 0. The largest absolute Gasteiger partial charge is 0.334 e. The summed E-state index contributed by atoms with van der Waals surface area (Å²) in [5.74, 6) is 0.162. The number of nitrogens with one attached hydrogen (secondary N) is 1. The van der Waals surface area contributed by atoms with Crippen LogP contribution in [0.5, 0.6) is 0 Å². The molecule has 28 heavy (non-hydrogen) atoms. The van der Waals surface area contributed by atoms with Gasteiger partial charge in [-0.25, -0.2) is 9.97 Å². The van der Waals surface area contributed by atoms with Gasteiger partial charge in [0.15, 0.2) is 0 Å². The number of nitrogens with zero attached hydrogens (tertiary/aromatic N) is 5. The zero-order chi connectivity index (χ0) is 19.5. The van der Waals surface area contributed by atoms with Crippen molar-refractivity contribution in [1.82, 2.24) is 19.5 Å². The van der Waals surface area contributed by atoms with Crippen LogP contribution in [0.25, 0.3) is 22.0 Å². The first-order valence-electron chi connectivity index (χ1n) is 8.64. The molecule has 3 aromatic heterocycles. The molecule has 0 radical (unpaired) electrons. The zero-order valence-corrected chi connectivity index (χ0v) is 15.1. The maximum absolute atomic E-state index is 12.5. The lowest BCUT2D eigenvalue weighted by atomic mass is 10.1. The summed E-state index contributed by atoms with van der Waals surface area (Å²) in [6.45, 7) is 0. The van der Waals surface area contributed by atoms with Crippen molar-refractivity contribution >= 4 is 22.5 Å². The number of fused-ring (bicyclic) bond motifs is 1. The summed E-state index contributed by atoms with van der Waals surface area (Å²) in [4.78, 5) is 25.1. The molecule has 0 aliphatic carbocycles. The summed E-state index contributed by atoms with van der Waals surface area (Å²) in [7, 11) is 1.94. The number of anilines is 1. The Morgan fingerprint density at radius 2 is 2.04 bits per heavy atom. The minimum Gasteiger partial charge on any atom is -0.334 e. The predicted octanol–water partition coefficient (Wildman–Crippen LogP) is 3.35. The number of aromatic nitrogens is 4.